The molecule has 0 aromatic carbocycles. The van der Waals surface area contributed by atoms with Crippen LogP contribution in [0.15, 0.2) is 0 Å². The van der Waals surface area contributed by atoms with Crippen molar-refractivity contribution in [2.24, 2.45) is 5.92 Å². The Hall–Kier alpha value is -0.370. The molecule has 1 aliphatic carbocycles. The molecule has 2 nitrogen and oxygen atoms in total. The van der Waals surface area contributed by atoms with Crippen molar-refractivity contribution in [2.45, 2.75) is 64.5 Å². The Balaban J connectivity index is 2.27. The van der Waals surface area contributed by atoms with Crippen LogP contribution >= 0.6 is 0 Å². The standard InChI is InChI=1S/C12H23NO/c1-10(2)8-12(9-14)13-11-6-4-3-5-7-11/h9-13H,3-8H2,1-2H3. The van der Waals surface area contributed by atoms with Gasteiger partial charge >= 0.3 is 0 Å². The monoisotopic (exact) mass is 197 g/mol. The van der Waals surface area contributed by atoms with E-state index in [4.69, 9.17) is 0 Å². The van der Waals surface area contributed by atoms with Crippen LogP contribution in [-0.2, 0) is 4.79 Å². The van der Waals surface area contributed by atoms with Gasteiger partial charge in [0, 0.05) is 6.04 Å². The summed E-state index contributed by atoms with van der Waals surface area (Å²) in [5.41, 5.74) is 0. The van der Waals surface area contributed by atoms with Crippen molar-refractivity contribution < 1.29 is 4.79 Å². The van der Waals surface area contributed by atoms with Crippen molar-refractivity contribution in [3.8, 4) is 0 Å². The third-order valence-corrected chi connectivity index (χ3v) is 2.94. The predicted molar refractivity (Wildman–Crippen MR) is 59.3 cm³/mol. The number of aldehydes is 1. The fourth-order valence-electron chi connectivity index (χ4n) is 2.24. The topological polar surface area (TPSA) is 29.1 Å². The lowest BCUT2D eigenvalue weighted by molar-refractivity contribution is -0.110. The quantitative estimate of drug-likeness (QED) is 0.686. The van der Waals surface area contributed by atoms with E-state index in [-0.39, 0.29) is 6.04 Å². The highest BCUT2D eigenvalue weighted by Crippen LogP contribution is 2.18. The van der Waals surface area contributed by atoms with Crippen LogP contribution in [0.3, 0.4) is 0 Å². The Bertz CT molecular complexity index is 162. The second-order valence-corrected chi connectivity index (χ2v) is 4.87. The summed E-state index contributed by atoms with van der Waals surface area (Å²) in [6.07, 6.45) is 8.57. The van der Waals surface area contributed by atoms with Gasteiger partial charge in [0.2, 0.25) is 0 Å². The fraction of sp³-hybridized carbons (Fsp3) is 0.917. The lowest BCUT2D eigenvalue weighted by Gasteiger charge is -2.26. The molecule has 1 atom stereocenters. The van der Waals surface area contributed by atoms with Crippen LogP contribution in [0.25, 0.3) is 0 Å². The molecular weight excluding hydrogens is 174 g/mol. The van der Waals surface area contributed by atoms with Crippen molar-refractivity contribution in [2.75, 3.05) is 0 Å². The van der Waals surface area contributed by atoms with E-state index < -0.39 is 0 Å². The minimum absolute atomic E-state index is 0.0816. The number of hydrogen-bond donors (Lipinski definition) is 1. The molecule has 1 rings (SSSR count). The van der Waals surface area contributed by atoms with Crippen LogP contribution < -0.4 is 5.32 Å². The van der Waals surface area contributed by atoms with Crippen LogP contribution in [-0.4, -0.2) is 18.4 Å². The van der Waals surface area contributed by atoms with E-state index in [0.717, 1.165) is 12.7 Å². The van der Waals surface area contributed by atoms with E-state index in [1.54, 1.807) is 0 Å². The molecule has 14 heavy (non-hydrogen) atoms. The summed E-state index contributed by atoms with van der Waals surface area (Å²) in [7, 11) is 0. The zero-order valence-corrected chi connectivity index (χ0v) is 9.46. The Morgan fingerprint density at radius 3 is 2.43 bits per heavy atom. The van der Waals surface area contributed by atoms with Gasteiger partial charge in [-0.2, -0.15) is 0 Å². The molecule has 1 unspecified atom stereocenters. The highest BCUT2D eigenvalue weighted by Gasteiger charge is 2.17. The fourth-order valence-corrected chi connectivity index (χ4v) is 2.24. The number of carbonyl (C=O) groups is 1. The van der Waals surface area contributed by atoms with Crippen molar-refractivity contribution in [3.63, 3.8) is 0 Å². The van der Waals surface area contributed by atoms with Gasteiger partial charge in [-0.1, -0.05) is 33.1 Å². The molecule has 0 radical (unpaired) electrons. The normalized spacial score (nSPS) is 21.1. The summed E-state index contributed by atoms with van der Waals surface area (Å²) in [6.45, 7) is 4.33. The van der Waals surface area contributed by atoms with Gasteiger partial charge in [-0.25, -0.2) is 0 Å². The Morgan fingerprint density at radius 1 is 1.29 bits per heavy atom. The Kier molecular flexibility index (Phi) is 5.16. The first kappa shape index (κ1) is 11.7. The van der Waals surface area contributed by atoms with E-state index >= 15 is 0 Å². The zero-order valence-electron chi connectivity index (χ0n) is 9.46. The summed E-state index contributed by atoms with van der Waals surface area (Å²) in [5, 5.41) is 3.47. The number of rotatable bonds is 5. The molecule has 0 saturated heterocycles. The Morgan fingerprint density at radius 2 is 1.93 bits per heavy atom. The summed E-state index contributed by atoms with van der Waals surface area (Å²) >= 11 is 0. The first-order chi connectivity index (χ1) is 6.72. The van der Waals surface area contributed by atoms with Gasteiger partial charge in [0.15, 0.2) is 0 Å². The maximum Gasteiger partial charge on any atom is 0.136 e. The number of carbonyl (C=O) groups excluding carboxylic acids is 1. The lowest BCUT2D eigenvalue weighted by atomic mass is 9.94. The summed E-state index contributed by atoms with van der Waals surface area (Å²) in [5.74, 6) is 0.598. The second kappa shape index (κ2) is 6.18. The van der Waals surface area contributed by atoms with Gasteiger partial charge in [-0.3, -0.25) is 0 Å². The van der Waals surface area contributed by atoms with E-state index in [2.05, 4.69) is 19.2 Å². The average molecular weight is 197 g/mol. The van der Waals surface area contributed by atoms with Crippen molar-refractivity contribution in [1.82, 2.24) is 5.32 Å². The minimum atomic E-state index is 0.0816. The smallest absolute Gasteiger partial charge is 0.136 e. The van der Waals surface area contributed by atoms with E-state index in [1.165, 1.54) is 32.1 Å². The molecule has 0 aromatic rings. The Labute approximate surface area is 87.5 Å². The van der Waals surface area contributed by atoms with E-state index in [1.807, 2.05) is 0 Å². The molecule has 0 aliphatic heterocycles. The largest absolute Gasteiger partial charge is 0.305 e. The highest BCUT2D eigenvalue weighted by molar-refractivity contribution is 5.57. The minimum Gasteiger partial charge on any atom is -0.305 e. The maximum atomic E-state index is 10.9. The lowest BCUT2D eigenvalue weighted by Crippen LogP contribution is -2.41. The first-order valence-electron chi connectivity index (χ1n) is 5.93. The molecule has 0 amide bonds. The molecule has 1 aliphatic rings. The second-order valence-electron chi connectivity index (χ2n) is 4.87. The van der Waals surface area contributed by atoms with Crippen LogP contribution in [0.5, 0.6) is 0 Å². The van der Waals surface area contributed by atoms with Crippen molar-refractivity contribution in [3.05, 3.63) is 0 Å². The molecule has 2 heteroatoms. The molecule has 82 valence electrons. The van der Waals surface area contributed by atoms with Gasteiger partial charge in [-0.05, 0) is 25.2 Å². The van der Waals surface area contributed by atoms with Crippen molar-refractivity contribution >= 4 is 6.29 Å². The highest BCUT2D eigenvalue weighted by atomic mass is 16.1. The molecular formula is C12H23NO. The van der Waals surface area contributed by atoms with Gasteiger partial charge in [0.25, 0.3) is 0 Å². The van der Waals surface area contributed by atoms with E-state index in [0.29, 0.717) is 12.0 Å². The molecule has 0 bridgehead atoms. The predicted octanol–water partition coefficient (Wildman–Crippen LogP) is 2.52. The van der Waals surface area contributed by atoms with Crippen LogP contribution in [0.1, 0.15) is 52.4 Å². The maximum absolute atomic E-state index is 10.9. The van der Waals surface area contributed by atoms with Crippen LogP contribution in [0.4, 0.5) is 0 Å². The molecule has 1 saturated carbocycles. The van der Waals surface area contributed by atoms with E-state index in [9.17, 15) is 4.79 Å². The summed E-state index contributed by atoms with van der Waals surface area (Å²) in [6, 6.07) is 0.677. The van der Waals surface area contributed by atoms with Crippen LogP contribution in [0.2, 0.25) is 0 Å². The summed E-state index contributed by atoms with van der Waals surface area (Å²) in [4.78, 5) is 10.9. The van der Waals surface area contributed by atoms with Crippen molar-refractivity contribution in [1.29, 1.82) is 0 Å². The van der Waals surface area contributed by atoms with Crippen LogP contribution in [0, 0.1) is 5.92 Å². The molecule has 0 spiro atoms. The third kappa shape index (κ3) is 4.23. The van der Waals surface area contributed by atoms with Gasteiger partial charge < -0.3 is 10.1 Å². The number of nitrogens with one attached hydrogen (secondary N) is 1. The summed E-state index contributed by atoms with van der Waals surface area (Å²) < 4.78 is 0. The molecule has 1 fully saturated rings. The zero-order chi connectivity index (χ0) is 10.4. The molecule has 0 aromatic heterocycles. The average Bonchev–Trinajstić information content (AvgIpc) is 2.17. The molecule has 0 heterocycles. The third-order valence-electron chi connectivity index (χ3n) is 2.94. The SMILES string of the molecule is CC(C)CC(C=O)NC1CCCCC1. The number of hydrogen-bond acceptors (Lipinski definition) is 2. The van der Waals surface area contributed by atoms with Gasteiger partial charge in [0.05, 0.1) is 6.04 Å². The molecule has 1 N–H and O–H groups in total. The van der Waals surface area contributed by atoms with Gasteiger partial charge in [0.1, 0.15) is 6.29 Å². The first-order valence-corrected chi connectivity index (χ1v) is 5.93. The van der Waals surface area contributed by atoms with Gasteiger partial charge in [-0.15, -0.1) is 0 Å².